The minimum Gasteiger partial charge on any atom is -0.355 e. The average Bonchev–Trinajstić information content (AvgIpc) is 2.48. The molecule has 0 radical (unpaired) electrons. The van der Waals surface area contributed by atoms with E-state index in [1.165, 1.54) is 0 Å². The first-order valence-corrected chi connectivity index (χ1v) is 4.76. The maximum Gasteiger partial charge on any atom is 0.178 e. The van der Waals surface area contributed by atoms with Crippen molar-refractivity contribution in [3.8, 4) is 0 Å². The van der Waals surface area contributed by atoms with Gasteiger partial charge in [-0.05, 0) is 24.4 Å². The molecule has 1 aliphatic heterocycles. The molecular formula is C9H8N2S2. The van der Waals surface area contributed by atoms with E-state index in [1.807, 2.05) is 35.2 Å². The highest BCUT2D eigenvalue weighted by Gasteiger charge is 2.22. The maximum absolute atomic E-state index is 5.18. The van der Waals surface area contributed by atoms with Gasteiger partial charge >= 0.3 is 0 Å². The minimum atomic E-state index is 0.670. The van der Waals surface area contributed by atoms with Gasteiger partial charge in [-0.3, -0.25) is 4.90 Å². The van der Waals surface area contributed by atoms with Crippen molar-refractivity contribution in [2.24, 2.45) is 0 Å². The molecule has 66 valence electrons. The van der Waals surface area contributed by atoms with Gasteiger partial charge in [-0.25, -0.2) is 0 Å². The predicted octanol–water partition coefficient (Wildman–Crippen LogP) is 1.71. The molecule has 0 amide bonds. The third-order valence-corrected chi connectivity index (χ3v) is 2.51. The van der Waals surface area contributed by atoms with Gasteiger partial charge in [0.05, 0.1) is 6.54 Å². The molecular weight excluding hydrogens is 200 g/mol. The van der Waals surface area contributed by atoms with Gasteiger partial charge in [0.25, 0.3) is 0 Å². The van der Waals surface area contributed by atoms with E-state index < -0.39 is 0 Å². The second kappa shape index (κ2) is 3.40. The zero-order valence-corrected chi connectivity index (χ0v) is 8.49. The zero-order valence-electron chi connectivity index (χ0n) is 6.86. The van der Waals surface area contributed by atoms with Crippen molar-refractivity contribution in [1.82, 2.24) is 5.32 Å². The van der Waals surface area contributed by atoms with Gasteiger partial charge in [-0.1, -0.05) is 30.4 Å². The van der Waals surface area contributed by atoms with Crippen LogP contribution in [0.1, 0.15) is 0 Å². The van der Waals surface area contributed by atoms with E-state index in [1.54, 1.807) is 0 Å². The Hall–Kier alpha value is -1.00. The summed E-state index contributed by atoms with van der Waals surface area (Å²) in [4.78, 5) is 2.71. The van der Waals surface area contributed by atoms with E-state index in [2.05, 4.69) is 5.32 Å². The third kappa shape index (κ3) is 1.55. The van der Waals surface area contributed by atoms with Crippen LogP contribution >= 0.6 is 24.4 Å². The third-order valence-electron chi connectivity index (χ3n) is 1.86. The normalized spacial score (nSPS) is 16.2. The predicted molar refractivity (Wildman–Crippen MR) is 62.1 cm³/mol. The van der Waals surface area contributed by atoms with Gasteiger partial charge in [-0.15, -0.1) is 0 Å². The number of para-hydroxylation sites is 1. The van der Waals surface area contributed by atoms with Crippen LogP contribution in [0.2, 0.25) is 0 Å². The summed E-state index contributed by atoms with van der Waals surface area (Å²) in [5.41, 5.74) is 1.03. The fourth-order valence-electron chi connectivity index (χ4n) is 1.26. The summed E-state index contributed by atoms with van der Waals surface area (Å²) < 4.78 is 0. The van der Waals surface area contributed by atoms with E-state index in [0.29, 0.717) is 11.7 Å². The average molecular weight is 208 g/mol. The summed E-state index contributed by atoms with van der Waals surface area (Å²) in [6, 6.07) is 9.90. The Morgan fingerprint density at radius 2 is 1.85 bits per heavy atom. The van der Waals surface area contributed by atoms with Crippen LogP contribution in [0, 0.1) is 0 Å². The van der Waals surface area contributed by atoms with Gasteiger partial charge in [-0.2, -0.15) is 0 Å². The number of nitrogens with one attached hydrogen (secondary N) is 1. The molecule has 0 bridgehead atoms. The van der Waals surface area contributed by atoms with Crippen molar-refractivity contribution < 1.29 is 0 Å². The molecule has 1 fully saturated rings. The lowest BCUT2D eigenvalue weighted by atomic mass is 10.3. The van der Waals surface area contributed by atoms with Gasteiger partial charge in [0.1, 0.15) is 4.99 Å². The molecule has 2 rings (SSSR count). The smallest absolute Gasteiger partial charge is 0.178 e. The molecule has 4 heteroatoms. The molecule has 1 aromatic carbocycles. The van der Waals surface area contributed by atoms with Crippen molar-refractivity contribution in [2.75, 3.05) is 11.4 Å². The summed E-state index contributed by atoms with van der Waals surface area (Å²) in [6.45, 7) is 0.670. The van der Waals surface area contributed by atoms with Crippen LogP contribution in [0.15, 0.2) is 30.3 Å². The fraction of sp³-hybridized carbons (Fsp3) is 0.111. The highest BCUT2D eigenvalue weighted by atomic mass is 32.1. The Labute approximate surface area is 87.5 Å². The van der Waals surface area contributed by atoms with Crippen molar-refractivity contribution in [3.63, 3.8) is 0 Å². The lowest BCUT2D eigenvalue weighted by Gasteiger charge is -2.15. The van der Waals surface area contributed by atoms with Crippen LogP contribution in [0.3, 0.4) is 0 Å². The molecule has 0 unspecified atom stereocenters. The van der Waals surface area contributed by atoms with E-state index in [4.69, 9.17) is 24.4 Å². The van der Waals surface area contributed by atoms with E-state index >= 15 is 0 Å². The summed E-state index contributed by atoms with van der Waals surface area (Å²) >= 11 is 10.3. The Morgan fingerprint density at radius 3 is 2.38 bits per heavy atom. The molecule has 2 nitrogen and oxygen atoms in total. The zero-order chi connectivity index (χ0) is 9.26. The summed E-state index contributed by atoms with van der Waals surface area (Å²) in [5, 5.41) is 3.72. The molecule has 1 aliphatic rings. The van der Waals surface area contributed by atoms with Crippen molar-refractivity contribution in [3.05, 3.63) is 30.3 Å². The highest BCUT2D eigenvalue weighted by Crippen LogP contribution is 2.16. The first-order chi connectivity index (χ1) is 6.29. The monoisotopic (exact) mass is 208 g/mol. The Balaban J connectivity index is 2.36. The molecule has 1 saturated heterocycles. The van der Waals surface area contributed by atoms with Gasteiger partial charge in [0.15, 0.2) is 5.11 Å². The fourth-order valence-corrected chi connectivity index (χ4v) is 1.88. The van der Waals surface area contributed by atoms with E-state index in [-0.39, 0.29) is 0 Å². The topological polar surface area (TPSA) is 15.3 Å². The summed E-state index contributed by atoms with van der Waals surface area (Å²) in [6.07, 6.45) is 0. The van der Waals surface area contributed by atoms with Crippen LogP contribution in [-0.4, -0.2) is 16.6 Å². The first-order valence-electron chi connectivity index (χ1n) is 3.95. The SMILES string of the molecule is S=C1CNC(=S)N1c1ccccc1. The quantitative estimate of drug-likeness (QED) is 0.706. The van der Waals surface area contributed by atoms with E-state index in [0.717, 1.165) is 10.7 Å². The Bertz CT molecular complexity index is 332. The Kier molecular flexibility index (Phi) is 2.24. The minimum absolute atomic E-state index is 0.670. The molecule has 0 aliphatic carbocycles. The van der Waals surface area contributed by atoms with Crippen molar-refractivity contribution in [1.29, 1.82) is 0 Å². The summed E-state index contributed by atoms with van der Waals surface area (Å²) in [5.74, 6) is 0. The first kappa shape index (κ1) is 8.59. The lowest BCUT2D eigenvalue weighted by Crippen LogP contribution is -2.29. The molecule has 1 aromatic rings. The molecule has 1 heterocycles. The highest BCUT2D eigenvalue weighted by molar-refractivity contribution is 7.82. The molecule has 0 spiro atoms. The van der Waals surface area contributed by atoms with Crippen LogP contribution < -0.4 is 10.2 Å². The number of benzene rings is 1. The number of nitrogens with zero attached hydrogens (tertiary/aromatic N) is 1. The second-order valence-electron chi connectivity index (χ2n) is 2.72. The van der Waals surface area contributed by atoms with Gasteiger partial charge < -0.3 is 5.32 Å². The van der Waals surface area contributed by atoms with Crippen LogP contribution in [0.25, 0.3) is 0 Å². The van der Waals surface area contributed by atoms with Crippen molar-refractivity contribution >= 4 is 40.2 Å². The number of hydrogen-bond donors (Lipinski definition) is 1. The van der Waals surface area contributed by atoms with Gasteiger partial charge in [0, 0.05) is 5.69 Å². The summed E-state index contributed by atoms with van der Waals surface area (Å²) in [7, 11) is 0. The number of rotatable bonds is 1. The van der Waals surface area contributed by atoms with Crippen LogP contribution in [0.4, 0.5) is 5.69 Å². The largest absolute Gasteiger partial charge is 0.355 e. The second-order valence-corrected chi connectivity index (χ2v) is 3.58. The molecule has 13 heavy (non-hydrogen) atoms. The van der Waals surface area contributed by atoms with Crippen molar-refractivity contribution in [2.45, 2.75) is 0 Å². The molecule has 0 aromatic heterocycles. The molecule has 1 N–H and O–H groups in total. The number of anilines is 1. The Morgan fingerprint density at radius 1 is 1.15 bits per heavy atom. The maximum atomic E-state index is 5.18. The number of hydrogen-bond acceptors (Lipinski definition) is 2. The van der Waals surface area contributed by atoms with Crippen LogP contribution in [-0.2, 0) is 0 Å². The molecule has 0 saturated carbocycles. The standard InChI is InChI=1S/C9H8N2S2/c12-8-6-10-9(13)11(8)7-4-2-1-3-5-7/h1-5H,6H2,(H,10,13). The van der Waals surface area contributed by atoms with Crippen LogP contribution in [0.5, 0.6) is 0 Å². The number of thiocarbonyl (C=S) groups is 2. The van der Waals surface area contributed by atoms with E-state index in [9.17, 15) is 0 Å². The van der Waals surface area contributed by atoms with Gasteiger partial charge in [0.2, 0.25) is 0 Å². The lowest BCUT2D eigenvalue weighted by molar-refractivity contribution is 1.15. The molecule has 0 atom stereocenters.